The molecule has 3 heterocycles. The number of likely N-dealkylation sites (tertiary alicyclic amines) is 1. The number of anilines is 1. The summed E-state index contributed by atoms with van der Waals surface area (Å²) in [4.78, 5) is 19.8. The lowest BCUT2D eigenvalue weighted by molar-refractivity contribution is -0.293. The van der Waals surface area contributed by atoms with E-state index in [2.05, 4.69) is 16.0 Å². The molecule has 2 aliphatic heterocycles. The third-order valence-corrected chi connectivity index (χ3v) is 5.46. The summed E-state index contributed by atoms with van der Waals surface area (Å²) in [5.41, 5.74) is 1.64. The first-order valence-electron chi connectivity index (χ1n) is 9.45. The third-order valence-electron chi connectivity index (χ3n) is 5.46. The number of benzene rings is 1. The van der Waals surface area contributed by atoms with Gasteiger partial charge in [0.2, 0.25) is 0 Å². The molecule has 0 N–H and O–H groups in total. The highest BCUT2D eigenvalue weighted by atomic mass is 19.3. The van der Waals surface area contributed by atoms with Gasteiger partial charge in [-0.3, -0.25) is 14.7 Å². The molecule has 1 spiro atoms. The van der Waals surface area contributed by atoms with Crippen molar-refractivity contribution in [3.63, 3.8) is 0 Å². The number of alkyl halides is 2. The van der Waals surface area contributed by atoms with Crippen LogP contribution in [0.15, 0.2) is 48.8 Å². The average molecular weight is 387 g/mol. The maximum Gasteiger partial charge on any atom is 0.437 e. The van der Waals surface area contributed by atoms with E-state index < -0.39 is 17.6 Å². The summed E-state index contributed by atoms with van der Waals surface area (Å²) in [5.74, 6) is -1.29. The molecule has 0 aliphatic carbocycles. The molecule has 0 saturated carbocycles. The maximum absolute atomic E-state index is 14.4. The molecule has 1 aromatic heterocycles. The predicted molar refractivity (Wildman–Crippen MR) is 101 cm³/mol. The van der Waals surface area contributed by atoms with E-state index in [0.29, 0.717) is 31.6 Å². The zero-order valence-corrected chi connectivity index (χ0v) is 15.8. The molecule has 148 valence electrons. The summed E-state index contributed by atoms with van der Waals surface area (Å²) in [5, 5.41) is 0. The summed E-state index contributed by atoms with van der Waals surface area (Å²) in [6.07, 6.45) is 0.716. The van der Waals surface area contributed by atoms with E-state index in [1.807, 2.05) is 19.3 Å². The topological polar surface area (TPSA) is 45.7 Å². The largest absolute Gasteiger partial charge is 0.437 e. The predicted octanol–water partition coefficient (Wildman–Crippen LogP) is 3.38. The summed E-state index contributed by atoms with van der Waals surface area (Å²) in [6.45, 7) is 4.12. The molecule has 0 bridgehead atoms. The number of hydrogen-bond acceptors (Lipinski definition) is 4. The molecule has 4 rings (SSSR count). The van der Waals surface area contributed by atoms with Gasteiger partial charge in [-0.05, 0) is 43.0 Å². The Kier molecular flexibility index (Phi) is 4.89. The van der Waals surface area contributed by atoms with E-state index in [1.165, 1.54) is 4.90 Å². The Morgan fingerprint density at radius 2 is 1.86 bits per heavy atom. The molecule has 0 unspecified atom stereocenters. The van der Waals surface area contributed by atoms with Gasteiger partial charge in [0.1, 0.15) is 0 Å². The van der Waals surface area contributed by atoms with Crippen LogP contribution < -0.4 is 4.90 Å². The maximum atomic E-state index is 14.4. The number of aryl methyl sites for hydroxylation is 1. The van der Waals surface area contributed by atoms with Crippen LogP contribution in [0.5, 0.6) is 0 Å². The fourth-order valence-corrected chi connectivity index (χ4v) is 4.02. The number of aromatic nitrogens is 1. The van der Waals surface area contributed by atoms with Crippen molar-refractivity contribution in [1.82, 2.24) is 9.88 Å². The first-order chi connectivity index (χ1) is 13.4. The molecule has 1 aromatic carbocycles. The zero-order valence-electron chi connectivity index (χ0n) is 15.8. The summed E-state index contributed by atoms with van der Waals surface area (Å²) >= 11 is 0. The third kappa shape index (κ3) is 3.77. The number of piperidine rings is 1. The quantitative estimate of drug-likeness (QED) is 0.810. The Bertz CT molecular complexity index is 852. The second kappa shape index (κ2) is 7.22. The Morgan fingerprint density at radius 1 is 1.14 bits per heavy atom. The number of carbonyl (C=O) groups excluding carboxylic acids is 1. The van der Waals surface area contributed by atoms with Gasteiger partial charge in [-0.15, -0.1) is 0 Å². The second-order valence-corrected chi connectivity index (χ2v) is 7.68. The van der Waals surface area contributed by atoms with Gasteiger partial charge in [-0.25, -0.2) is 0 Å². The summed E-state index contributed by atoms with van der Waals surface area (Å²) in [6, 6.07) is 10.7. The van der Waals surface area contributed by atoms with Crippen LogP contribution in [0.1, 0.15) is 24.0 Å². The Balaban J connectivity index is 1.48. The van der Waals surface area contributed by atoms with Gasteiger partial charge in [0, 0.05) is 37.7 Å². The van der Waals surface area contributed by atoms with Crippen molar-refractivity contribution in [1.29, 1.82) is 0 Å². The number of morpholine rings is 1. The van der Waals surface area contributed by atoms with Crippen molar-refractivity contribution in [2.75, 3.05) is 24.5 Å². The van der Waals surface area contributed by atoms with Crippen LogP contribution in [0.2, 0.25) is 0 Å². The van der Waals surface area contributed by atoms with Crippen molar-refractivity contribution in [2.24, 2.45) is 0 Å². The smallest absolute Gasteiger partial charge is 0.304 e. The minimum Gasteiger partial charge on any atom is -0.304 e. The van der Waals surface area contributed by atoms with Crippen molar-refractivity contribution in [2.45, 2.75) is 38.0 Å². The molecule has 28 heavy (non-hydrogen) atoms. The lowest BCUT2D eigenvalue weighted by Crippen LogP contribution is -2.64. The highest BCUT2D eigenvalue weighted by Gasteiger charge is 2.57. The van der Waals surface area contributed by atoms with Gasteiger partial charge < -0.3 is 9.64 Å². The molecule has 2 aliphatic rings. The molecule has 2 saturated heterocycles. The van der Waals surface area contributed by atoms with E-state index in [9.17, 15) is 13.6 Å². The number of carbonyl (C=O) groups is 1. The second-order valence-electron chi connectivity index (χ2n) is 7.68. The minimum atomic E-state index is -3.81. The van der Waals surface area contributed by atoms with Crippen LogP contribution in [0.25, 0.3) is 0 Å². The van der Waals surface area contributed by atoms with Crippen LogP contribution in [0.4, 0.5) is 14.5 Å². The number of amides is 1. The van der Waals surface area contributed by atoms with E-state index in [1.54, 1.807) is 30.3 Å². The van der Waals surface area contributed by atoms with Crippen molar-refractivity contribution >= 4 is 11.6 Å². The molecule has 0 radical (unpaired) electrons. The van der Waals surface area contributed by atoms with Crippen LogP contribution in [-0.4, -0.2) is 47.1 Å². The monoisotopic (exact) mass is 387 g/mol. The Labute approximate surface area is 162 Å². The minimum absolute atomic E-state index is 0.144. The summed E-state index contributed by atoms with van der Waals surface area (Å²) in [7, 11) is 0. The molecule has 2 aromatic rings. The van der Waals surface area contributed by atoms with Crippen LogP contribution in [0, 0.1) is 6.92 Å². The highest BCUT2D eigenvalue weighted by Crippen LogP contribution is 2.40. The van der Waals surface area contributed by atoms with Crippen LogP contribution >= 0.6 is 0 Å². The van der Waals surface area contributed by atoms with Crippen LogP contribution in [0.3, 0.4) is 0 Å². The number of ether oxygens (including phenoxy) is 1. The number of pyridine rings is 1. The number of halogens is 2. The van der Waals surface area contributed by atoms with Crippen molar-refractivity contribution in [3.8, 4) is 0 Å². The van der Waals surface area contributed by atoms with Crippen LogP contribution in [-0.2, 0) is 16.1 Å². The van der Waals surface area contributed by atoms with E-state index in [0.717, 1.165) is 17.7 Å². The van der Waals surface area contributed by atoms with Gasteiger partial charge in [0.05, 0.1) is 12.1 Å². The molecule has 5 nitrogen and oxygen atoms in total. The standard InChI is InChI=1S/C21H23F2N3O2/c1-16-11-17(13-24-12-16)14-25-9-7-20(8-10-25)15-26(18-5-3-2-4-6-18)19(27)21(22,23)28-20/h2-6,11-13H,7-10,14-15H2,1H3. The average Bonchev–Trinajstić information content (AvgIpc) is 2.67. The Morgan fingerprint density at radius 3 is 2.54 bits per heavy atom. The number of hydrogen-bond donors (Lipinski definition) is 0. The lowest BCUT2D eigenvalue weighted by atomic mass is 9.88. The van der Waals surface area contributed by atoms with Gasteiger partial charge in [0.15, 0.2) is 0 Å². The molecule has 7 heteroatoms. The Hall–Kier alpha value is -2.38. The lowest BCUT2D eigenvalue weighted by Gasteiger charge is -2.48. The molecular weight excluding hydrogens is 364 g/mol. The van der Waals surface area contributed by atoms with E-state index >= 15 is 0 Å². The van der Waals surface area contributed by atoms with Gasteiger partial charge in [-0.1, -0.05) is 24.3 Å². The normalized spacial score (nSPS) is 21.8. The first-order valence-corrected chi connectivity index (χ1v) is 9.45. The number of rotatable bonds is 3. The fraction of sp³-hybridized carbons (Fsp3) is 0.429. The van der Waals surface area contributed by atoms with E-state index in [-0.39, 0.29) is 6.54 Å². The number of para-hydroxylation sites is 1. The van der Waals surface area contributed by atoms with Gasteiger partial charge in [-0.2, -0.15) is 8.78 Å². The highest BCUT2D eigenvalue weighted by molar-refractivity contribution is 5.98. The van der Waals surface area contributed by atoms with Gasteiger partial charge >= 0.3 is 12.0 Å². The molecule has 1 amide bonds. The zero-order chi connectivity index (χ0) is 19.8. The first kappa shape index (κ1) is 19.0. The number of nitrogens with zero attached hydrogens (tertiary/aromatic N) is 3. The van der Waals surface area contributed by atoms with Crippen molar-refractivity contribution < 1.29 is 18.3 Å². The molecule has 0 atom stereocenters. The SMILES string of the molecule is Cc1cncc(CN2CCC3(CC2)CN(c2ccccc2)C(=O)C(F)(F)O3)c1. The molecule has 2 fully saturated rings. The fourth-order valence-electron chi connectivity index (χ4n) is 4.02. The van der Waals surface area contributed by atoms with Crippen molar-refractivity contribution in [3.05, 3.63) is 59.9 Å². The van der Waals surface area contributed by atoms with Gasteiger partial charge in [0.25, 0.3) is 0 Å². The summed E-state index contributed by atoms with van der Waals surface area (Å²) < 4.78 is 34.0. The molecular formula is C21H23F2N3O2. The van der Waals surface area contributed by atoms with E-state index in [4.69, 9.17) is 4.74 Å².